The lowest BCUT2D eigenvalue weighted by Gasteiger charge is -2.33. The van der Waals surface area contributed by atoms with Crippen molar-refractivity contribution in [3.8, 4) is 11.3 Å². The third kappa shape index (κ3) is 4.20. The molecule has 180 valence electrons. The summed E-state index contributed by atoms with van der Waals surface area (Å²) >= 11 is 0. The number of aryl methyl sites for hydroxylation is 2. The number of benzene rings is 1. The summed E-state index contributed by atoms with van der Waals surface area (Å²) in [7, 11) is 0. The van der Waals surface area contributed by atoms with Gasteiger partial charge in [0.1, 0.15) is 22.8 Å². The van der Waals surface area contributed by atoms with Crippen LogP contribution in [0.15, 0.2) is 36.7 Å². The second-order valence-corrected chi connectivity index (χ2v) is 9.87. The molecule has 3 aromatic heterocycles. The standard InChI is InChI=1S/C27H27F2N5O/c1-14-8-17(9-25(35-14)18-12-30-34(13-18)20-5-6-20)23-11-24-27(32-16(3)15(2)31-24)26(33-23)21-7-4-19(28)10-22(21)29/h4,7,10-14,17,20,25H,5-6,8-9H2,1-3H3/t14-,17+,25-/m1/s1. The topological polar surface area (TPSA) is 65.7 Å². The minimum Gasteiger partial charge on any atom is -0.370 e. The molecule has 4 aromatic rings. The maximum absolute atomic E-state index is 14.9. The first kappa shape index (κ1) is 22.2. The van der Waals surface area contributed by atoms with Crippen molar-refractivity contribution in [1.82, 2.24) is 24.7 Å². The fraction of sp³-hybridized carbons (Fsp3) is 0.407. The van der Waals surface area contributed by atoms with E-state index in [2.05, 4.69) is 23.2 Å². The Balaban J connectivity index is 1.43. The number of hydrogen-bond acceptors (Lipinski definition) is 5. The summed E-state index contributed by atoms with van der Waals surface area (Å²) in [5, 5.41) is 4.54. The molecule has 3 atom stereocenters. The first-order valence-electron chi connectivity index (χ1n) is 12.2. The van der Waals surface area contributed by atoms with Gasteiger partial charge in [0.15, 0.2) is 0 Å². The molecular weight excluding hydrogens is 448 g/mol. The van der Waals surface area contributed by atoms with E-state index in [1.807, 2.05) is 30.8 Å². The number of nitrogens with zero attached hydrogens (tertiary/aromatic N) is 5. The van der Waals surface area contributed by atoms with Crippen LogP contribution < -0.4 is 0 Å². The predicted octanol–water partition coefficient (Wildman–Crippen LogP) is 6.14. The summed E-state index contributed by atoms with van der Waals surface area (Å²) in [6.07, 6.45) is 7.82. The molecule has 0 bridgehead atoms. The first-order chi connectivity index (χ1) is 16.9. The Kier molecular flexibility index (Phi) is 5.36. The van der Waals surface area contributed by atoms with Crippen LogP contribution in [0.2, 0.25) is 0 Å². The minimum atomic E-state index is -0.665. The van der Waals surface area contributed by atoms with E-state index in [0.717, 1.165) is 41.6 Å². The van der Waals surface area contributed by atoms with Gasteiger partial charge in [-0.1, -0.05) is 0 Å². The summed E-state index contributed by atoms with van der Waals surface area (Å²) in [5.74, 6) is -1.21. The molecular formula is C27H27F2N5O. The molecule has 2 aliphatic rings. The second-order valence-electron chi connectivity index (χ2n) is 9.87. The SMILES string of the molecule is Cc1nc2cc([C@H]3C[C@@H](C)O[C@@H](c4cnn(C5CC5)c4)C3)nc(-c3ccc(F)cc3F)c2nc1C. The average Bonchev–Trinajstić information content (AvgIpc) is 3.55. The molecule has 0 unspecified atom stereocenters. The lowest BCUT2D eigenvalue weighted by Crippen LogP contribution is -2.25. The van der Waals surface area contributed by atoms with E-state index in [1.165, 1.54) is 25.0 Å². The average molecular weight is 476 g/mol. The highest BCUT2D eigenvalue weighted by Crippen LogP contribution is 2.42. The maximum atomic E-state index is 14.9. The molecule has 0 radical (unpaired) electrons. The summed E-state index contributed by atoms with van der Waals surface area (Å²) in [6.45, 7) is 5.84. The molecule has 0 N–H and O–H groups in total. The number of rotatable bonds is 4. The van der Waals surface area contributed by atoms with E-state index in [-0.39, 0.29) is 23.7 Å². The number of aromatic nitrogens is 5. The molecule has 1 saturated heterocycles. The van der Waals surface area contributed by atoms with Gasteiger partial charge in [-0.15, -0.1) is 0 Å². The smallest absolute Gasteiger partial charge is 0.135 e. The highest BCUT2D eigenvalue weighted by molar-refractivity contribution is 5.89. The van der Waals surface area contributed by atoms with E-state index in [4.69, 9.17) is 14.7 Å². The molecule has 2 fully saturated rings. The normalized spacial score (nSPS) is 22.6. The molecule has 35 heavy (non-hydrogen) atoms. The zero-order valence-electron chi connectivity index (χ0n) is 20.0. The van der Waals surface area contributed by atoms with Crippen molar-refractivity contribution in [2.24, 2.45) is 0 Å². The van der Waals surface area contributed by atoms with Gasteiger partial charge in [-0.05, 0) is 64.7 Å². The van der Waals surface area contributed by atoms with Crippen molar-refractivity contribution in [2.75, 3.05) is 0 Å². The Bertz CT molecular complexity index is 1430. The molecule has 0 spiro atoms. The summed E-state index contributed by atoms with van der Waals surface area (Å²) in [5.41, 5.74) is 5.25. The Morgan fingerprint density at radius 1 is 1.00 bits per heavy atom. The third-order valence-electron chi connectivity index (χ3n) is 7.11. The van der Waals surface area contributed by atoms with Crippen molar-refractivity contribution < 1.29 is 13.5 Å². The van der Waals surface area contributed by atoms with Gasteiger partial charge in [-0.25, -0.2) is 23.7 Å². The number of pyridine rings is 1. The Labute approximate surface area is 202 Å². The van der Waals surface area contributed by atoms with Crippen molar-refractivity contribution >= 4 is 11.0 Å². The van der Waals surface area contributed by atoms with Crippen molar-refractivity contribution in [3.05, 3.63) is 70.9 Å². The Morgan fingerprint density at radius 3 is 2.57 bits per heavy atom. The Hall–Kier alpha value is -3.26. The molecule has 6 nitrogen and oxygen atoms in total. The van der Waals surface area contributed by atoms with Crippen molar-refractivity contribution in [1.29, 1.82) is 0 Å². The summed E-state index contributed by atoms with van der Waals surface area (Å²) in [4.78, 5) is 14.3. The highest BCUT2D eigenvalue weighted by atomic mass is 19.1. The van der Waals surface area contributed by atoms with E-state index in [9.17, 15) is 8.78 Å². The van der Waals surface area contributed by atoms with Crippen LogP contribution in [0, 0.1) is 25.5 Å². The molecule has 8 heteroatoms. The van der Waals surface area contributed by atoms with Gasteiger partial charge in [0.25, 0.3) is 0 Å². The zero-order valence-corrected chi connectivity index (χ0v) is 20.0. The van der Waals surface area contributed by atoms with Crippen molar-refractivity contribution in [2.45, 2.75) is 70.6 Å². The van der Waals surface area contributed by atoms with Gasteiger partial charge in [-0.2, -0.15) is 5.10 Å². The highest BCUT2D eigenvalue weighted by Gasteiger charge is 2.33. The van der Waals surface area contributed by atoms with Crippen LogP contribution in [0.25, 0.3) is 22.3 Å². The van der Waals surface area contributed by atoms with Gasteiger partial charge < -0.3 is 4.74 Å². The fourth-order valence-corrected chi connectivity index (χ4v) is 4.99. The first-order valence-corrected chi connectivity index (χ1v) is 12.2. The third-order valence-corrected chi connectivity index (χ3v) is 7.11. The van der Waals surface area contributed by atoms with Gasteiger partial charge in [0, 0.05) is 35.0 Å². The lowest BCUT2D eigenvalue weighted by molar-refractivity contribution is -0.0506. The fourth-order valence-electron chi connectivity index (χ4n) is 4.99. The van der Waals surface area contributed by atoms with Crippen LogP contribution in [0.4, 0.5) is 8.78 Å². The van der Waals surface area contributed by atoms with E-state index >= 15 is 0 Å². The van der Waals surface area contributed by atoms with Crippen LogP contribution in [0.5, 0.6) is 0 Å². The number of ether oxygens (including phenoxy) is 1. The molecule has 4 heterocycles. The Morgan fingerprint density at radius 2 is 1.80 bits per heavy atom. The number of hydrogen-bond donors (Lipinski definition) is 0. The second kappa shape index (κ2) is 8.45. The predicted molar refractivity (Wildman–Crippen MR) is 128 cm³/mol. The zero-order chi connectivity index (χ0) is 24.3. The molecule has 1 aromatic carbocycles. The van der Waals surface area contributed by atoms with Gasteiger partial charge in [-0.3, -0.25) is 4.68 Å². The quantitative estimate of drug-likeness (QED) is 0.355. The van der Waals surface area contributed by atoms with Gasteiger partial charge in [0.05, 0.1) is 41.4 Å². The number of halogens is 2. The maximum Gasteiger partial charge on any atom is 0.135 e. The lowest BCUT2D eigenvalue weighted by atomic mass is 9.87. The van der Waals surface area contributed by atoms with Crippen LogP contribution in [0.1, 0.15) is 73.3 Å². The number of fused-ring (bicyclic) bond motifs is 1. The van der Waals surface area contributed by atoms with Crippen LogP contribution in [-0.2, 0) is 4.74 Å². The molecule has 0 amide bonds. The molecule has 6 rings (SSSR count). The van der Waals surface area contributed by atoms with Gasteiger partial charge >= 0.3 is 0 Å². The molecule has 1 aliphatic carbocycles. The van der Waals surface area contributed by atoms with Crippen molar-refractivity contribution in [3.63, 3.8) is 0 Å². The van der Waals surface area contributed by atoms with E-state index in [0.29, 0.717) is 22.8 Å². The van der Waals surface area contributed by atoms with E-state index < -0.39 is 11.6 Å². The summed E-state index contributed by atoms with van der Waals surface area (Å²) in [6, 6.07) is 6.04. The monoisotopic (exact) mass is 475 g/mol. The summed E-state index contributed by atoms with van der Waals surface area (Å²) < 4.78 is 36.9. The van der Waals surface area contributed by atoms with Crippen LogP contribution in [0.3, 0.4) is 0 Å². The van der Waals surface area contributed by atoms with E-state index in [1.54, 1.807) is 0 Å². The van der Waals surface area contributed by atoms with Crippen LogP contribution >= 0.6 is 0 Å². The largest absolute Gasteiger partial charge is 0.370 e. The van der Waals surface area contributed by atoms with Crippen LogP contribution in [-0.4, -0.2) is 30.8 Å². The molecule has 1 aliphatic heterocycles. The molecule has 1 saturated carbocycles. The van der Waals surface area contributed by atoms with Gasteiger partial charge in [0.2, 0.25) is 0 Å². The minimum absolute atomic E-state index is 0.0253.